The van der Waals surface area contributed by atoms with Gasteiger partial charge in [-0.3, -0.25) is 13.2 Å². The van der Waals surface area contributed by atoms with Gasteiger partial charge in [0.05, 0.1) is 0 Å². The Bertz CT molecular complexity index is 374. The summed E-state index contributed by atoms with van der Waals surface area (Å²) in [7, 11) is 0. The molecule has 0 aromatic heterocycles. The Balaban J connectivity index is 0.000000284. The summed E-state index contributed by atoms with van der Waals surface area (Å²) in [5.41, 5.74) is 2.13. The van der Waals surface area contributed by atoms with Crippen molar-refractivity contribution in [2.24, 2.45) is 0 Å². The van der Waals surface area contributed by atoms with Crippen molar-refractivity contribution in [2.75, 3.05) is 0 Å². The molecule has 0 N–H and O–H groups in total. The number of hydrogen-bond donors (Lipinski definition) is 0. The van der Waals surface area contributed by atoms with E-state index in [0.29, 0.717) is 0 Å². The van der Waals surface area contributed by atoms with E-state index in [1.54, 1.807) is 12.2 Å². The van der Waals surface area contributed by atoms with Crippen molar-refractivity contribution in [2.45, 2.75) is 0 Å². The van der Waals surface area contributed by atoms with Crippen molar-refractivity contribution in [3.63, 3.8) is 0 Å². The third kappa shape index (κ3) is 7.04. The molecule has 0 aliphatic heterocycles. The summed E-state index contributed by atoms with van der Waals surface area (Å²) in [4.78, 5) is 0. The summed E-state index contributed by atoms with van der Waals surface area (Å²) < 4.78 is 0. The fourth-order valence-electron chi connectivity index (χ4n) is 1.13. The monoisotopic (exact) mass is 295 g/mol. The van der Waals surface area contributed by atoms with Crippen molar-refractivity contribution in [3.05, 3.63) is 84.9 Å². The van der Waals surface area contributed by atoms with Gasteiger partial charge in [-0.25, -0.2) is 12.2 Å². The molecule has 0 aliphatic carbocycles. The van der Waals surface area contributed by atoms with Crippen molar-refractivity contribution < 1.29 is 32.7 Å². The molecule has 0 bridgehead atoms. The molecule has 17 heavy (non-hydrogen) atoms. The molecule has 0 nitrogen and oxygen atoms in total. The van der Waals surface area contributed by atoms with Gasteiger partial charge in [0.15, 0.2) is 0 Å². The molecule has 0 spiro atoms. The molecule has 0 heterocycles. The summed E-state index contributed by atoms with van der Waals surface area (Å²) in [6.45, 7) is 10.4. The van der Waals surface area contributed by atoms with Crippen LogP contribution in [0.5, 0.6) is 0 Å². The van der Waals surface area contributed by atoms with E-state index in [2.05, 4.69) is 0 Å². The zero-order valence-electron chi connectivity index (χ0n) is 9.66. The third-order valence-corrected chi connectivity index (χ3v) is 1.98. The molecule has 0 unspecified atom stereocenters. The summed E-state index contributed by atoms with van der Waals surface area (Å²) in [5, 5.41) is 0. The summed E-state index contributed by atoms with van der Waals surface area (Å²) in [6.07, 6.45) is 3.17. The minimum atomic E-state index is 0. The first-order valence-corrected chi connectivity index (χ1v) is 5.07. The number of benzene rings is 2. The van der Waals surface area contributed by atoms with Gasteiger partial charge in [-0.05, 0) is 0 Å². The maximum Gasteiger partial charge on any atom is 3.00 e. The van der Waals surface area contributed by atoms with Gasteiger partial charge in [0.2, 0.25) is 0 Å². The van der Waals surface area contributed by atoms with Crippen LogP contribution in [0.15, 0.2) is 60.7 Å². The van der Waals surface area contributed by atoms with Crippen molar-refractivity contribution in [3.8, 4) is 0 Å². The van der Waals surface area contributed by atoms with Crippen LogP contribution in [0.4, 0.5) is 0 Å². The second-order valence-corrected chi connectivity index (χ2v) is 3.15. The first-order valence-electron chi connectivity index (χ1n) is 5.07. The Hall–Kier alpha value is -0.976. The van der Waals surface area contributed by atoms with Crippen LogP contribution in [0.2, 0.25) is 0 Å². The summed E-state index contributed by atoms with van der Waals surface area (Å²) >= 11 is 0. The molecule has 2 aromatic rings. The molecule has 2 aromatic carbocycles. The summed E-state index contributed by atoms with van der Waals surface area (Å²) in [5.74, 6) is 0. The molecule has 80 valence electrons. The van der Waals surface area contributed by atoms with Crippen LogP contribution < -0.4 is 0 Å². The van der Waals surface area contributed by atoms with Crippen LogP contribution in [0.3, 0.4) is 0 Å². The Labute approximate surface area is 129 Å². The van der Waals surface area contributed by atoms with E-state index in [9.17, 15) is 0 Å². The molecule has 1 heteroatoms. The van der Waals surface area contributed by atoms with Crippen LogP contribution >= 0.6 is 0 Å². The van der Waals surface area contributed by atoms with E-state index in [-0.39, 0.29) is 32.7 Å². The van der Waals surface area contributed by atoms with Gasteiger partial charge >= 0.3 is 32.7 Å². The van der Waals surface area contributed by atoms with E-state index in [4.69, 9.17) is 13.2 Å². The van der Waals surface area contributed by atoms with E-state index < -0.39 is 0 Å². The molecular weight excluding hydrogens is 281 g/mol. The van der Waals surface area contributed by atoms with Crippen LogP contribution in [0.1, 0.15) is 11.1 Å². The van der Waals surface area contributed by atoms with Gasteiger partial charge in [0.1, 0.15) is 0 Å². The quantitative estimate of drug-likeness (QED) is 0.726. The molecule has 0 radical (unpaired) electrons. The average molecular weight is 295 g/mol. The second kappa shape index (κ2) is 10.2. The zero-order valence-corrected chi connectivity index (χ0v) is 12.5. The molecular formula is C16H14Y+. The zero-order chi connectivity index (χ0) is 11.6. The van der Waals surface area contributed by atoms with Gasteiger partial charge in [-0.2, -0.15) is 11.1 Å². The van der Waals surface area contributed by atoms with Gasteiger partial charge < -0.3 is 0 Å². The second-order valence-electron chi connectivity index (χ2n) is 3.15. The van der Waals surface area contributed by atoms with E-state index in [0.717, 1.165) is 11.1 Å². The fraction of sp³-hybridized carbons (Fsp3) is 0. The van der Waals surface area contributed by atoms with E-state index in [1.807, 2.05) is 60.7 Å². The van der Waals surface area contributed by atoms with Crippen LogP contribution in [0.25, 0.3) is 12.2 Å². The molecule has 2 rings (SSSR count). The van der Waals surface area contributed by atoms with Gasteiger partial charge in [-0.15, -0.1) is 24.3 Å². The molecule has 0 aliphatic rings. The van der Waals surface area contributed by atoms with E-state index >= 15 is 0 Å². The summed E-state index contributed by atoms with van der Waals surface area (Å²) in [6, 6.07) is 19.6. The standard InChI is InChI=1S/2C8H7.Y/c2*1-2-8-6-4-3-5-7-8;/h2*1-7H;/q2*-1;+3. The predicted octanol–water partition coefficient (Wildman–Crippen LogP) is 4.26. The average Bonchev–Trinajstić information content (AvgIpc) is 2.41. The Kier molecular flexibility index (Phi) is 9.61. The largest absolute Gasteiger partial charge is 3.00 e. The molecule has 0 atom stereocenters. The normalized spacial score (nSPS) is 8.00. The van der Waals surface area contributed by atoms with Gasteiger partial charge in [0, 0.05) is 0 Å². The number of rotatable bonds is 2. The Morgan fingerprint density at radius 2 is 0.882 bits per heavy atom. The molecule has 0 saturated heterocycles. The van der Waals surface area contributed by atoms with Crippen molar-refractivity contribution >= 4 is 12.2 Å². The van der Waals surface area contributed by atoms with Crippen molar-refractivity contribution in [1.29, 1.82) is 0 Å². The van der Waals surface area contributed by atoms with Crippen LogP contribution in [0, 0.1) is 13.2 Å². The first kappa shape index (κ1) is 16.0. The van der Waals surface area contributed by atoms with Gasteiger partial charge in [0.25, 0.3) is 0 Å². The van der Waals surface area contributed by atoms with E-state index in [1.165, 1.54) is 0 Å². The smallest absolute Gasteiger partial charge is 0.292 e. The maximum atomic E-state index is 5.22. The van der Waals surface area contributed by atoms with Crippen molar-refractivity contribution in [1.82, 2.24) is 0 Å². The number of hydrogen-bond acceptors (Lipinski definition) is 0. The minimum absolute atomic E-state index is 0. The SMILES string of the molecule is [CH-]=Cc1ccccc1.[CH-]=Cc1ccccc1.[Y+3]. The maximum absolute atomic E-state index is 5.22. The minimum Gasteiger partial charge on any atom is -0.292 e. The molecule has 0 saturated carbocycles. The first-order chi connectivity index (χ1) is 7.86. The predicted molar refractivity (Wildman–Crippen MR) is 70.4 cm³/mol. The van der Waals surface area contributed by atoms with Crippen LogP contribution in [-0.2, 0) is 32.7 Å². The van der Waals surface area contributed by atoms with Gasteiger partial charge in [-0.1, -0.05) is 36.4 Å². The van der Waals surface area contributed by atoms with Crippen LogP contribution in [-0.4, -0.2) is 0 Å². The fourth-order valence-corrected chi connectivity index (χ4v) is 1.13. The molecule has 0 fully saturated rings. The Morgan fingerprint density at radius 1 is 0.588 bits per heavy atom. The third-order valence-electron chi connectivity index (χ3n) is 1.98. The Morgan fingerprint density at radius 3 is 1.06 bits per heavy atom. The topological polar surface area (TPSA) is 0 Å². The molecule has 0 amide bonds.